The van der Waals surface area contributed by atoms with Gasteiger partial charge < -0.3 is 0 Å². The summed E-state index contributed by atoms with van der Waals surface area (Å²) in [5.74, 6) is 2.80. The van der Waals surface area contributed by atoms with Gasteiger partial charge in [-0.15, -0.1) is 0 Å². The topological polar surface area (TPSA) is 0 Å². The van der Waals surface area contributed by atoms with Gasteiger partial charge in [-0.2, -0.15) is 0 Å². The van der Waals surface area contributed by atoms with Crippen LogP contribution < -0.4 is 0 Å². The zero-order valence-electron chi connectivity index (χ0n) is 9.56. The van der Waals surface area contributed by atoms with Crippen LogP contribution in [0.2, 0.25) is 0 Å². The van der Waals surface area contributed by atoms with Crippen molar-refractivity contribution in [3.05, 3.63) is 0 Å². The highest BCUT2D eigenvalue weighted by Crippen LogP contribution is 2.29. The quantitative estimate of drug-likeness (QED) is 0.539. The van der Waals surface area contributed by atoms with Gasteiger partial charge >= 0.3 is 0 Å². The predicted molar refractivity (Wildman–Crippen MR) is 64.0 cm³/mol. The summed E-state index contributed by atoms with van der Waals surface area (Å²) in [5, 5.41) is 0. The van der Waals surface area contributed by atoms with Gasteiger partial charge in [-0.3, -0.25) is 0 Å². The normalized spacial score (nSPS) is 17.3. The molecule has 0 spiro atoms. The molecular weight excluding hydrogens is 156 g/mol. The van der Waals surface area contributed by atoms with E-state index in [2.05, 4.69) is 34.6 Å². The number of rotatable bonds is 6. The van der Waals surface area contributed by atoms with Gasteiger partial charge in [0.15, 0.2) is 0 Å². The maximum absolute atomic E-state index is 2.41. The molecule has 13 heavy (non-hydrogen) atoms. The van der Waals surface area contributed by atoms with Gasteiger partial charge in [-0.05, 0) is 17.8 Å². The fraction of sp³-hybridized carbons (Fsp3) is 1.00. The zero-order valence-corrected chi connectivity index (χ0v) is 9.56. The molecule has 0 aliphatic heterocycles. The third kappa shape index (κ3) is 5.33. The van der Waals surface area contributed by atoms with Gasteiger partial charge in [-0.25, -0.2) is 0 Å². The summed E-state index contributed by atoms with van der Waals surface area (Å²) in [6.45, 7) is 11.8. The Bertz CT molecular complexity index is 86.2. The smallest absolute Gasteiger partial charge is 0.0363 e. The van der Waals surface area contributed by atoms with Crippen molar-refractivity contribution in [2.24, 2.45) is 17.8 Å². The molecule has 0 radical (unpaired) electrons. The number of hydrogen-bond donors (Lipinski definition) is 0. The molecule has 82 valence electrons. The Labute approximate surface area is 86.1 Å². The molecule has 2 atom stereocenters. The molecular formula is C13H30. The Kier molecular flexibility index (Phi) is 10.2. The lowest BCUT2D eigenvalue weighted by molar-refractivity contribution is 0.226. The molecule has 0 rings (SSSR count). The standard InChI is InChI=1S/C12H26.CH4/c1-6-9-12(10(4)7-2)11(5)8-3;/h10-12H,6-9H2,1-5H3;1H4. The minimum absolute atomic E-state index is 0. The summed E-state index contributed by atoms with van der Waals surface area (Å²) in [7, 11) is 0. The van der Waals surface area contributed by atoms with E-state index in [1.165, 1.54) is 25.7 Å². The van der Waals surface area contributed by atoms with Crippen LogP contribution in [0.15, 0.2) is 0 Å². The van der Waals surface area contributed by atoms with E-state index < -0.39 is 0 Å². The lowest BCUT2D eigenvalue weighted by Crippen LogP contribution is -2.18. The number of hydrogen-bond acceptors (Lipinski definition) is 0. The maximum atomic E-state index is 2.41. The van der Waals surface area contributed by atoms with Gasteiger partial charge in [0.05, 0.1) is 0 Å². The third-order valence-corrected chi connectivity index (χ3v) is 3.37. The minimum Gasteiger partial charge on any atom is -0.0776 e. The fourth-order valence-corrected chi connectivity index (χ4v) is 2.07. The van der Waals surface area contributed by atoms with Crippen LogP contribution in [0.1, 0.15) is 67.7 Å². The van der Waals surface area contributed by atoms with Crippen LogP contribution in [-0.4, -0.2) is 0 Å². The van der Waals surface area contributed by atoms with Crippen LogP contribution in [0.25, 0.3) is 0 Å². The summed E-state index contributed by atoms with van der Waals surface area (Å²) in [5.41, 5.74) is 0. The molecule has 0 aromatic rings. The minimum atomic E-state index is 0. The largest absolute Gasteiger partial charge is 0.0776 e. The second-order valence-electron chi connectivity index (χ2n) is 4.22. The second kappa shape index (κ2) is 8.59. The van der Waals surface area contributed by atoms with Crippen molar-refractivity contribution in [3.63, 3.8) is 0 Å². The molecule has 0 aliphatic carbocycles. The van der Waals surface area contributed by atoms with Gasteiger partial charge in [0.1, 0.15) is 0 Å². The first-order chi connectivity index (χ1) is 5.67. The van der Waals surface area contributed by atoms with E-state index in [-0.39, 0.29) is 7.43 Å². The molecule has 0 nitrogen and oxygen atoms in total. The molecule has 0 saturated carbocycles. The van der Waals surface area contributed by atoms with E-state index in [0.29, 0.717) is 0 Å². The van der Waals surface area contributed by atoms with Crippen LogP contribution in [0, 0.1) is 17.8 Å². The summed E-state index contributed by atoms with van der Waals surface area (Å²) >= 11 is 0. The molecule has 0 fully saturated rings. The molecule has 0 bridgehead atoms. The van der Waals surface area contributed by atoms with Gasteiger partial charge in [0.2, 0.25) is 0 Å². The highest BCUT2D eigenvalue weighted by atomic mass is 14.2. The van der Waals surface area contributed by atoms with E-state index in [1.807, 2.05) is 0 Å². The van der Waals surface area contributed by atoms with Gasteiger partial charge in [0, 0.05) is 0 Å². The van der Waals surface area contributed by atoms with Crippen molar-refractivity contribution in [3.8, 4) is 0 Å². The monoisotopic (exact) mass is 186 g/mol. The van der Waals surface area contributed by atoms with Crippen molar-refractivity contribution in [2.75, 3.05) is 0 Å². The molecule has 0 N–H and O–H groups in total. The van der Waals surface area contributed by atoms with Crippen molar-refractivity contribution in [1.82, 2.24) is 0 Å². The first-order valence-electron chi connectivity index (χ1n) is 5.67. The van der Waals surface area contributed by atoms with Crippen LogP contribution in [0.5, 0.6) is 0 Å². The first-order valence-corrected chi connectivity index (χ1v) is 5.67. The van der Waals surface area contributed by atoms with Crippen molar-refractivity contribution >= 4 is 0 Å². The molecule has 0 heterocycles. The average Bonchev–Trinajstić information content (AvgIpc) is 2.11. The van der Waals surface area contributed by atoms with Crippen LogP contribution in [-0.2, 0) is 0 Å². The Hall–Kier alpha value is 0. The van der Waals surface area contributed by atoms with E-state index in [0.717, 1.165) is 17.8 Å². The average molecular weight is 186 g/mol. The highest BCUT2D eigenvalue weighted by molar-refractivity contribution is 4.70. The third-order valence-electron chi connectivity index (χ3n) is 3.37. The Morgan fingerprint density at radius 3 is 1.46 bits per heavy atom. The molecule has 0 aromatic heterocycles. The van der Waals surface area contributed by atoms with E-state index in [1.54, 1.807) is 0 Å². The van der Waals surface area contributed by atoms with Crippen LogP contribution >= 0.6 is 0 Å². The molecule has 0 aromatic carbocycles. The Morgan fingerprint density at radius 2 is 1.23 bits per heavy atom. The highest BCUT2D eigenvalue weighted by Gasteiger charge is 2.19. The molecule has 0 heteroatoms. The van der Waals surface area contributed by atoms with Crippen LogP contribution in [0.4, 0.5) is 0 Å². The lowest BCUT2D eigenvalue weighted by Gasteiger charge is -2.28. The Balaban J connectivity index is 0. The molecule has 0 aliphatic rings. The van der Waals surface area contributed by atoms with Gasteiger partial charge in [-0.1, -0.05) is 67.7 Å². The Morgan fingerprint density at radius 1 is 0.846 bits per heavy atom. The van der Waals surface area contributed by atoms with Crippen molar-refractivity contribution in [1.29, 1.82) is 0 Å². The fourth-order valence-electron chi connectivity index (χ4n) is 2.07. The molecule has 2 unspecified atom stereocenters. The van der Waals surface area contributed by atoms with Gasteiger partial charge in [0.25, 0.3) is 0 Å². The lowest BCUT2D eigenvalue weighted by atomic mass is 9.78. The first kappa shape index (κ1) is 15.5. The summed E-state index contributed by atoms with van der Waals surface area (Å²) in [6.07, 6.45) is 5.45. The van der Waals surface area contributed by atoms with Crippen molar-refractivity contribution < 1.29 is 0 Å². The second-order valence-corrected chi connectivity index (χ2v) is 4.22. The van der Waals surface area contributed by atoms with E-state index >= 15 is 0 Å². The van der Waals surface area contributed by atoms with Crippen molar-refractivity contribution in [2.45, 2.75) is 67.7 Å². The summed E-state index contributed by atoms with van der Waals surface area (Å²) in [4.78, 5) is 0. The molecule has 0 saturated heterocycles. The summed E-state index contributed by atoms with van der Waals surface area (Å²) in [6, 6.07) is 0. The maximum Gasteiger partial charge on any atom is -0.0363 e. The van der Waals surface area contributed by atoms with E-state index in [4.69, 9.17) is 0 Å². The molecule has 0 amide bonds. The summed E-state index contributed by atoms with van der Waals surface area (Å²) < 4.78 is 0. The van der Waals surface area contributed by atoms with E-state index in [9.17, 15) is 0 Å². The zero-order chi connectivity index (χ0) is 9.56. The van der Waals surface area contributed by atoms with Crippen LogP contribution in [0.3, 0.4) is 0 Å². The predicted octanol–water partition coefficient (Wildman–Crippen LogP) is 5.13. The SMILES string of the molecule is C.CCCC(C(C)CC)C(C)CC.